The van der Waals surface area contributed by atoms with E-state index in [2.05, 4.69) is 19.5 Å². The van der Waals surface area contributed by atoms with Crippen LogP contribution in [0.5, 0.6) is 5.75 Å². The molecular formula is C21H24F2N6O2. The highest BCUT2D eigenvalue weighted by Gasteiger charge is 2.58. The highest BCUT2D eigenvalue weighted by molar-refractivity contribution is 5.65. The Kier molecular flexibility index (Phi) is 4.46. The van der Waals surface area contributed by atoms with Crippen molar-refractivity contribution < 1.29 is 18.3 Å². The second kappa shape index (κ2) is 7.23. The highest BCUT2D eigenvalue weighted by Crippen LogP contribution is 2.58. The van der Waals surface area contributed by atoms with Gasteiger partial charge in [0.2, 0.25) is 5.95 Å². The lowest BCUT2D eigenvalue weighted by atomic mass is 10.1. The van der Waals surface area contributed by atoms with Gasteiger partial charge in [-0.05, 0) is 30.4 Å². The molecule has 4 aliphatic rings. The molecule has 5 heterocycles. The van der Waals surface area contributed by atoms with Gasteiger partial charge < -0.3 is 20.1 Å². The van der Waals surface area contributed by atoms with E-state index in [0.29, 0.717) is 41.0 Å². The number of aromatic nitrogens is 3. The van der Waals surface area contributed by atoms with Crippen molar-refractivity contribution in [2.75, 3.05) is 50.0 Å². The Labute approximate surface area is 178 Å². The van der Waals surface area contributed by atoms with Crippen LogP contribution in [0.2, 0.25) is 0 Å². The minimum Gasteiger partial charge on any atom is -0.431 e. The number of nitrogens with two attached hydrogens (primary N) is 1. The molecule has 3 atom stereocenters. The van der Waals surface area contributed by atoms with Crippen molar-refractivity contribution >= 4 is 11.8 Å². The van der Waals surface area contributed by atoms with Crippen molar-refractivity contribution in [3.05, 3.63) is 24.0 Å². The maximum absolute atomic E-state index is 12.7. The Morgan fingerprint density at radius 2 is 1.90 bits per heavy atom. The Balaban J connectivity index is 1.30. The van der Waals surface area contributed by atoms with E-state index in [4.69, 9.17) is 20.4 Å². The molecule has 0 radical (unpaired) electrons. The fourth-order valence-corrected chi connectivity index (χ4v) is 4.94. The van der Waals surface area contributed by atoms with Gasteiger partial charge in [0.1, 0.15) is 0 Å². The number of hydrogen-bond donors (Lipinski definition) is 1. The Morgan fingerprint density at radius 3 is 2.52 bits per heavy atom. The molecule has 3 saturated heterocycles. The summed E-state index contributed by atoms with van der Waals surface area (Å²) in [5, 5.41) is 0. The van der Waals surface area contributed by atoms with Gasteiger partial charge in [0.05, 0.1) is 30.6 Å². The summed E-state index contributed by atoms with van der Waals surface area (Å²) in [6, 6.07) is 4.02. The zero-order valence-corrected chi connectivity index (χ0v) is 17.0. The van der Waals surface area contributed by atoms with Crippen molar-refractivity contribution in [3.8, 4) is 17.0 Å². The lowest BCUT2D eigenvalue weighted by molar-refractivity contribution is -0.0610. The van der Waals surface area contributed by atoms with Crippen molar-refractivity contribution in [1.29, 1.82) is 0 Å². The van der Waals surface area contributed by atoms with E-state index in [1.54, 1.807) is 6.20 Å². The van der Waals surface area contributed by atoms with Crippen molar-refractivity contribution in [2.24, 2.45) is 11.8 Å². The van der Waals surface area contributed by atoms with Crippen LogP contribution in [0.1, 0.15) is 18.0 Å². The number of piperidine rings is 1. The number of rotatable bonds is 6. The summed E-state index contributed by atoms with van der Waals surface area (Å²) in [5.74, 6) is 2.11. The third-order valence-electron chi connectivity index (χ3n) is 6.97. The molecule has 0 aromatic carbocycles. The quantitative estimate of drug-likeness (QED) is 0.744. The molecule has 0 spiro atoms. The summed E-state index contributed by atoms with van der Waals surface area (Å²) in [4.78, 5) is 18.3. The second-order valence-corrected chi connectivity index (χ2v) is 8.80. The number of fused-ring (bicyclic) bond motifs is 1. The van der Waals surface area contributed by atoms with Gasteiger partial charge in [-0.3, -0.25) is 4.90 Å². The van der Waals surface area contributed by atoms with E-state index in [0.717, 1.165) is 51.5 Å². The molecular weight excluding hydrogens is 406 g/mol. The summed E-state index contributed by atoms with van der Waals surface area (Å²) < 4.78 is 35.3. The maximum Gasteiger partial charge on any atom is 0.387 e. The fraction of sp³-hybridized carbons (Fsp3) is 0.571. The monoisotopic (exact) mass is 430 g/mol. The average Bonchev–Trinajstić information content (AvgIpc) is 3.15. The summed E-state index contributed by atoms with van der Waals surface area (Å²) in [6.07, 6.45) is 2.66. The van der Waals surface area contributed by atoms with Gasteiger partial charge in [0.25, 0.3) is 0 Å². The zero-order chi connectivity index (χ0) is 21.1. The van der Waals surface area contributed by atoms with E-state index in [-0.39, 0.29) is 11.6 Å². The smallest absolute Gasteiger partial charge is 0.387 e. The summed E-state index contributed by atoms with van der Waals surface area (Å²) in [6.45, 7) is 2.73. The van der Waals surface area contributed by atoms with Crippen molar-refractivity contribution in [2.45, 2.75) is 25.0 Å². The van der Waals surface area contributed by atoms with Crippen LogP contribution in [0.3, 0.4) is 0 Å². The van der Waals surface area contributed by atoms with Gasteiger partial charge in [0.15, 0.2) is 11.6 Å². The number of hydrogen-bond acceptors (Lipinski definition) is 8. The molecule has 2 N–H and O–H groups in total. The molecule has 31 heavy (non-hydrogen) atoms. The van der Waals surface area contributed by atoms with Crippen LogP contribution in [0.4, 0.5) is 20.5 Å². The minimum absolute atomic E-state index is 0.0712. The van der Waals surface area contributed by atoms with Crippen LogP contribution < -0.4 is 15.4 Å². The van der Waals surface area contributed by atoms with Gasteiger partial charge >= 0.3 is 6.61 Å². The Morgan fingerprint density at radius 1 is 1.13 bits per heavy atom. The van der Waals surface area contributed by atoms with Crippen molar-refractivity contribution in [1.82, 2.24) is 19.9 Å². The largest absolute Gasteiger partial charge is 0.431 e. The molecule has 0 amide bonds. The molecule has 10 heteroatoms. The van der Waals surface area contributed by atoms with Gasteiger partial charge in [0, 0.05) is 43.9 Å². The molecule has 3 aliphatic heterocycles. The van der Waals surface area contributed by atoms with Gasteiger partial charge in [-0.1, -0.05) is 0 Å². The maximum atomic E-state index is 12.7. The number of alkyl halides is 2. The molecule has 1 saturated carbocycles. The number of nitrogens with zero attached hydrogens (tertiary/aromatic N) is 5. The van der Waals surface area contributed by atoms with Crippen LogP contribution >= 0.6 is 0 Å². The third-order valence-corrected chi connectivity index (χ3v) is 6.97. The number of pyridine rings is 1. The second-order valence-electron chi connectivity index (χ2n) is 8.80. The zero-order valence-electron chi connectivity index (χ0n) is 17.0. The van der Waals surface area contributed by atoms with Crippen LogP contribution in [0.25, 0.3) is 11.3 Å². The first-order valence-electron chi connectivity index (χ1n) is 10.7. The number of nitrogen functional groups attached to an aromatic ring is 1. The Hall–Kier alpha value is -2.59. The fourth-order valence-electron chi connectivity index (χ4n) is 4.94. The molecule has 8 nitrogen and oxygen atoms in total. The lowest BCUT2D eigenvalue weighted by Crippen LogP contribution is -2.48. The predicted octanol–water partition coefficient (Wildman–Crippen LogP) is 1.98. The molecule has 2 aromatic rings. The topological polar surface area (TPSA) is 89.6 Å². The summed E-state index contributed by atoms with van der Waals surface area (Å²) in [7, 11) is 0. The molecule has 1 unspecified atom stereocenters. The number of halogens is 2. The molecule has 164 valence electrons. The predicted molar refractivity (Wildman–Crippen MR) is 109 cm³/mol. The Bertz CT molecular complexity index is 988. The number of likely N-dealkylation sites (tertiary alicyclic amines) is 1. The van der Waals surface area contributed by atoms with E-state index < -0.39 is 6.61 Å². The van der Waals surface area contributed by atoms with E-state index in [9.17, 15) is 8.78 Å². The number of ether oxygens (including phenoxy) is 2. The average molecular weight is 430 g/mol. The van der Waals surface area contributed by atoms with Gasteiger partial charge in [-0.2, -0.15) is 8.78 Å². The van der Waals surface area contributed by atoms with E-state index >= 15 is 0 Å². The standard InChI is InChI=1S/C21H24F2N6O2/c22-20(23)31-17-4-11(6-25-19(17)24)15-5-16(27-21(26-15)28-2-1-3-28)18-13-7-29(8-14(13)18)12-9-30-10-12/h4-6,12-14,18,20H,1-3,7-10H2,(H2,24,25)/t13-,14+,18?. The van der Waals surface area contributed by atoms with E-state index in [1.165, 1.54) is 6.07 Å². The first-order chi connectivity index (χ1) is 15.1. The van der Waals surface area contributed by atoms with Crippen LogP contribution in [-0.4, -0.2) is 71.9 Å². The van der Waals surface area contributed by atoms with Crippen molar-refractivity contribution in [3.63, 3.8) is 0 Å². The van der Waals surface area contributed by atoms with Crippen LogP contribution in [0.15, 0.2) is 18.3 Å². The molecule has 0 bridgehead atoms. The highest BCUT2D eigenvalue weighted by atomic mass is 19.3. The molecule has 6 rings (SSSR count). The van der Waals surface area contributed by atoms with Gasteiger partial charge in [-0.25, -0.2) is 15.0 Å². The third kappa shape index (κ3) is 3.38. The lowest BCUT2D eigenvalue weighted by Gasteiger charge is -2.36. The molecule has 1 aliphatic carbocycles. The van der Waals surface area contributed by atoms with Gasteiger partial charge in [-0.15, -0.1) is 0 Å². The minimum atomic E-state index is -2.97. The van der Waals surface area contributed by atoms with E-state index in [1.807, 2.05) is 6.07 Å². The van der Waals surface area contributed by atoms with Crippen LogP contribution in [0, 0.1) is 11.8 Å². The molecule has 4 fully saturated rings. The normalized spacial score (nSPS) is 27.7. The molecule has 2 aromatic heterocycles. The van der Waals surface area contributed by atoms with Crippen LogP contribution in [-0.2, 0) is 4.74 Å². The number of anilines is 2. The summed E-state index contributed by atoms with van der Waals surface area (Å²) in [5.41, 5.74) is 7.98. The SMILES string of the molecule is Nc1ncc(-c2cc(C3[C@H]4CN(C5COC5)C[C@@H]34)nc(N3CCC3)n2)cc1OC(F)F. The summed E-state index contributed by atoms with van der Waals surface area (Å²) >= 11 is 0. The first kappa shape index (κ1) is 19.1. The first-order valence-corrected chi connectivity index (χ1v) is 10.7.